The molecule has 0 bridgehead atoms. The molecular formula is C20H23FN2O5S. The van der Waals surface area contributed by atoms with Crippen molar-refractivity contribution in [2.24, 2.45) is 0 Å². The van der Waals surface area contributed by atoms with Crippen molar-refractivity contribution in [2.45, 2.75) is 37.6 Å². The van der Waals surface area contributed by atoms with E-state index in [0.29, 0.717) is 6.42 Å². The molecule has 2 N–H and O–H groups in total. The molecule has 0 radical (unpaired) electrons. The molecule has 2 aromatic carbocycles. The van der Waals surface area contributed by atoms with Gasteiger partial charge in [-0.3, -0.25) is 9.52 Å². The van der Waals surface area contributed by atoms with Crippen molar-refractivity contribution < 1.29 is 27.1 Å². The topological polar surface area (TPSA) is 102 Å². The normalized spacial score (nSPS) is 11.6. The van der Waals surface area contributed by atoms with E-state index in [1.165, 1.54) is 30.3 Å². The van der Waals surface area contributed by atoms with Gasteiger partial charge in [-0.25, -0.2) is 17.6 Å². The number of rotatable bonds is 8. The van der Waals surface area contributed by atoms with E-state index in [9.17, 15) is 22.4 Å². The Kier molecular flexibility index (Phi) is 6.97. The maximum absolute atomic E-state index is 13.0. The first-order valence-electron chi connectivity index (χ1n) is 8.89. The van der Waals surface area contributed by atoms with Crippen molar-refractivity contribution in [1.29, 1.82) is 0 Å². The standard InChI is InChI=1S/C20H23FN2O5S/c1-4-20(2,3)22-18(24)13-28-19(25)14-6-5-7-17(12-14)29(26,27)23-16-10-8-15(21)9-11-16/h5-12,23H,4,13H2,1-3H3,(H,22,24). The van der Waals surface area contributed by atoms with Gasteiger partial charge >= 0.3 is 5.97 Å². The lowest BCUT2D eigenvalue weighted by Gasteiger charge is -2.24. The van der Waals surface area contributed by atoms with E-state index < -0.39 is 39.9 Å². The first-order chi connectivity index (χ1) is 13.5. The second-order valence-electron chi connectivity index (χ2n) is 7.00. The number of nitrogens with one attached hydrogen (secondary N) is 2. The fourth-order valence-electron chi connectivity index (χ4n) is 2.24. The highest BCUT2D eigenvalue weighted by molar-refractivity contribution is 7.92. The molecule has 1 amide bonds. The van der Waals surface area contributed by atoms with Gasteiger partial charge in [0.15, 0.2) is 6.61 Å². The molecule has 2 aromatic rings. The molecule has 0 aliphatic heterocycles. The van der Waals surface area contributed by atoms with Crippen LogP contribution in [0.1, 0.15) is 37.6 Å². The lowest BCUT2D eigenvalue weighted by molar-refractivity contribution is -0.125. The minimum atomic E-state index is -4.00. The summed E-state index contributed by atoms with van der Waals surface area (Å²) in [7, 11) is -4.00. The number of hydrogen-bond donors (Lipinski definition) is 2. The summed E-state index contributed by atoms with van der Waals surface area (Å²) in [6.07, 6.45) is 0.702. The van der Waals surface area contributed by atoms with Crippen molar-refractivity contribution in [3.63, 3.8) is 0 Å². The van der Waals surface area contributed by atoms with Gasteiger partial charge in [0, 0.05) is 11.2 Å². The maximum Gasteiger partial charge on any atom is 0.338 e. The predicted octanol–water partition coefficient (Wildman–Crippen LogP) is 3.09. The minimum Gasteiger partial charge on any atom is -0.452 e. The zero-order chi connectivity index (χ0) is 21.7. The van der Waals surface area contributed by atoms with Crippen LogP contribution in [0.5, 0.6) is 0 Å². The van der Waals surface area contributed by atoms with Gasteiger partial charge in [0.25, 0.3) is 15.9 Å². The van der Waals surface area contributed by atoms with Crippen LogP contribution >= 0.6 is 0 Å². The highest BCUT2D eigenvalue weighted by atomic mass is 32.2. The van der Waals surface area contributed by atoms with Crippen LogP contribution in [-0.2, 0) is 19.6 Å². The molecule has 7 nitrogen and oxygen atoms in total. The van der Waals surface area contributed by atoms with E-state index in [1.807, 2.05) is 20.8 Å². The summed E-state index contributed by atoms with van der Waals surface area (Å²) >= 11 is 0. The van der Waals surface area contributed by atoms with E-state index >= 15 is 0 Å². The van der Waals surface area contributed by atoms with Crippen molar-refractivity contribution in [1.82, 2.24) is 5.32 Å². The zero-order valence-corrected chi connectivity index (χ0v) is 17.2. The van der Waals surface area contributed by atoms with Crippen LogP contribution in [0.15, 0.2) is 53.4 Å². The Bertz CT molecular complexity index is 988. The van der Waals surface area contributed by atoms with Gasteiger partial charge in [-0.2, -0.15) is 0 Å². The lowest BCUT2D eigenvalue weighted by atomic mass is 10.0. The molecule has 9 heteroatoms. The van der Waals surface area contributed by atoms with Gasteiger partial charge in [0.2, 0.25) is 0 Å². The SMILES string of the molecule is CCC(C)(C)NC(=O)COC(=O)c1cccc(S(=O)(=O)Nc2ccc(F)cc2)c1. The Labute approximate surface area is 169 Å². The van der Waals surface area contributed by atoms with Crippen LogP contribution in [0.4, 0.5) is 10.1 Å². The number of anilines is 1. The number of halogens is 1. The van der Waals surface area contributed by atoms with E-state index in [2.05, 4.69) is 10.0 Å². The highest BCUT2D eigenvalue weighted by Gasteiger charge is 2.20. The molecule has 29 heavy (non-hydrogen) atoms. The summed E-state index contributed by atoms with van der Waals surface area (Å²) in [5, 5.41) is 2.73. The number of carbonyl (C=O) groups excluding carboxylic acids is 2. The molecule has 0 spiro atoms. The number of amides is 1. The van der Waals surface area contributed by atoms with Crippen LogP contribution in [0.25, 0.3) is 0 Å². The van der Waals surface area contributed by atoms with Crippen LogP contribution < -0.4 is 10.0 Å². The summed E-state index contributed by atoms with van der Waals surface area (Å²) in [6.45, 7) is 5.12. The molecule has 0 atom stereocenters. The van der Waals surface area contributed by atoms with E-state index in [-0.39, 0.29) is 16.1 Å². The lowest BCUT2D eigenvalue weighted by Crippen LogP contribution is -2.44. The number of carbonyl (C=O) groups is 2. The number of hydrogen-bond acceptors (Lipinski definition) is 5. The van der Waals surface area contributed by atoms with Gasteiger partial charge in [-0.05, 0) is 62.7 Å². The molecule has 0 saturated heterocycles. The number of benzene rings is 2. The monoisotopic (exact) mass is 422 g/mol. The summed E-state index contributed by atoms with van der Waals surface area (Å²) < 4.78 is 45.2. The van der Waals surface area contributed by atoms with Gasteiger partial charge in [0.1, 0.15) is 5.82 Å². The zero-order valence-electron chi connectivity index (χ0n) is 16.4. The molecule has 0 unspecified atom stereocenters. The van der Waals surface area contributed by atoms with E-state index in [1.54, 1.807) is 0 Å². The van der Waals surface area contributed by atoms with E-state index in [4.69, 9.17) is 4.74 Å². The summed E-state index contributed by atoms with van der Waals surface area (Å²) in [5.74, 6) is -1.77. The number of esters is 1. The summed E-state index contributed by atoms with van der Waals surface area (Å²) in [5.41, 5.74) is -0.270. The third-order valence-electron chi connectivity index (χ3n) is 4.17. The Morgan fingerprint density at radius 3 is 2.38 bits per heavy atom. The summed E-state index contributed by atoms with van der Waals surface area (Å²) in [6, 6.07) is 10.0. The van der Waals surface area contributed by atoms with Gasteiger partial charge in [0.05, 0.1) is 10.5 Å². The first-order valence-corrected chi connectivity index (χ1v) is 10.4. The van der Waals surface area contributed by atoms with Crippen LogP contribution in [0.2, 0.25) is 0 Å². The molecule has 0 heterocycles. The maximum atomic E-state index is 13.0. The quantitative estimate of drug-likeness (QED) is 0.637. The molecule has 0 aromatic heterocycles. The molecule has 0 saturated carbocycles. The number of sulfonamides is 1. The molecule has 2 rings (SSSR count). The van der Waals surface area contributed by atoms with Crippen LogP contribution in [0.3, 0.4) is 0 Å². The Hall–Kier alpha value is -2.94. The third kappa shape index (κ3) is 6.56. The Morgan fingerprint density at radius 2 is 1.76 bits per heavy atom. The average Bonchev–Trinajstić information content (AvgIpc) is 2.67. The molecule has 0 fully saturated rings. The predicted molar refractivity (Wildman–Crippen MR) is 106 cm³/mol. The largest absolute Gasteiger partial charge is 0.452 e. The fourth-order valence-corrected chi connectivity index (χ4v) is 3.34. The highest BCUT2D eigenvalue weighted by Crippen LogP contribution is 2.18. The first kappa shape index (κ1) is 22.4. The minimum absolute atomic E-state index is 0.0190. The fraction of sp³-hybridized carbons (Fsp3) is 0.300. The summed E-state index contributed by atoms with van der Waals surface area (Å²) in [4.78, 5) is 23.9. The van der Waals surface area contributed by atoms with Crippen molar-refractivity contribution in [3.8, 4) is 0 Å². The Balaban J connectivity index is 2.07. The van der Waals surface area contributed by atoms with Gasteiger partial charge < -0.3 is 10.1 Å². The van der Waals surface area contributed by atoms with Gasteiger partial charge in [-0.15, -0.1) is 0 Å². The van der Waals surface area contributed by atoms with Crippen LogP contribution in [0, 0.1) is 5.82 Å². The van der Waals surface area contributed by atoms with Gasteiger partial charge in [-0.1, -0.05) is 13.0 Å². The molecular weight excluding hydrogens is 399 g/mol. The average molecular weight is 422 g/mol. The second-order valence-corrected chi connectivity index (χ2v) is 8.68. The van der Waals surface area contributed by atoms with Crippen LogP contribution in [-0.4, -0.2) is 32.4 Å². The van der Waals surface area contributed by atoms with Crippen molar-refractivity contribution >= 4 is 27.6 Å². The molecule has 156 valence electrons. The van der Waals surface area contributed by atoms with E-state index in [0.717, 1.165) is 18.2 Å². The van der Waals surface area contributed by atoms with Crippen molar-refractivity contribution in [3.05, 3.63) is 59.9 Å². The second kappa shape index (κ2) is 9.04. The third-order valence-corrected chi connectivity index (χ3v) is 5.55. The molecule has 0 aliphatic rings. The number of ether oxygens (including phenoxy) is 1. The van der Waals surface area contributed by atoms with Crippen molar-refractivity contribution in [2.75, 3.05) is 11.3 Å². The smallest absolute Gasteiger partial charge is 0.338 e. The Morgan fingerprint density at radius 1 is 1.10 bits per heavy atom. The molecule has 0 aliphatic carbocycles.